The number of hydrogen-bond donors (Lipinski definition) is 1. The minimum absolute atomic E-state index is 0.616. The Balaban J connectivity index is 1.68. The zero-order valence-corrected chi connectivity index (χ0v) is 12.4. The summed E-state index contributed by atoms with van der Waals surface area (Å²) in [6.45, 7) is 0. The molecule has 2 N–H and O–H groups in total. The summed E-state index contributed by atoms with van der Waals surface area (Å²) < 4.78 is 1.13. The van der Waals surface area contributed by atoms with Crippen molar-refractivity contribution in [3.63, 3.8) is 0 Å². The first kappa shape index (κ1) is 12.7. The van der Waals surface area contributed by atoms with Crippen molar-refractivity contribution in [3.8, 4) is 10.6 Å². The molecule has 0 unspecified atom stereocenters. The van der Waals surface area contributed by atoms with Crippen LogP contribution < -0.4 is 5.73 Å². The van der Waals surface area contributed by atoms with E-state index < -0.39 is 0 Å². The van der Waals surface area contributed by atoms with Gasteiger partial charge in [0.2, 0.25) is 0 Å². The monoisotopic (exact) mass is 305 g/mol. The highest BCUT2D eigenvalue weighted by Crippen LogP contribution is 2.31. The van der Waals surface area contributed by atoms with Gasteiger partial charge < -0.3 is 5.73 Å². The van der Waals surface area contributed by atoms with Crippen LogP contribution in [-0.2, 0) is 5.75 Å². The Morgan fingerprint density at radius 1 is 1.21 bits per heavy atom. The van der Waals surface area contributed by atoms with E-state index in [-0.39, 0.29) is 0 Å². The molecule has 96 valence electrons. The van der Waals surface area contributed by atoms with Crippen LogP contribution in [0.2, 0.25) is 0 Å². The van der Waals surface area contributed by atoms with Gasteiger partial charge in [0.15, 0.2) is 5.13 Å². The van der Waals surface area contributed by atoms with Crippen LogP contribution in [0.15, 0.2) is 46.1 Å². The lowest BCUT2D eigenvalue weighted by atomic mass is 10.2. The summed E-state index contributed by atoms with van der Waals surface area (Å²) in [5, 5.41) is 3.80. The van der Waals surface area contributed by atoms with E-state index in [2.05, 4.69) is 27.5 Å². The molecule has 6 heteroatoms. The van der Waals surface area contributed by atoms with Gasteiger partial charge in [-0.05, 0) is 0 Å². The van der Waals surface area contributed by atoms with Crippen molar-refractivity contribution in [1.82, 2.24) is 9.97 Å². The van der Waals surface area contributed by atoms with Crippen molar-refractivity contribution in [3.05, 3.63) is 47.6 Å². The van der Waals surface area contributed by atoms with Crippen molar-refractivity contribution in [1.29, 1.82) is 0 Å². The van der Waals surface area contributed by atoms with Gasteiger partial charge in [-0.2, -0.15) is 0 Å². The summed E-state index contributed by atoms with van der Waals surface area (Å²) in [5.74, 6) is 0.852. The van der Waals surface area contributed by atoms with E-state index in [1.165, 1.54) is 16.9 Å². The second-order valence-electron chi connectivity index (χ2n) is 3.82. The third kappa shape index (κ3) is 3.15. The van der Waals surface area contributed by atoms with Crippen molar-refractivity contribution in [2.75, 3.05) is 5.73 Å². The lowest BCUT2D eigenvalue weighted by Crippen LogP contribution is -1.80. The van der Waals surface area contributed by atoms with Gasteiger partial charge in [-0.15, -0.1) is 23.1 Å². The Bertz CT molecular complexity index is 661. The molecule has 3 aromatic rings. The number of thiazole rings is 2. The van der Waals surface area contributed by atoms with Gasteiger partial charge >= 0.3 is 0 Å². The lowest BCUT2D eigenvalue weighted by Gasteiger charge is -1.95. The SMILES string of the molecule is Nc1ncc(SCc2csc(-c3ccccc3)n2)s1. The number of rotatable bonds is 4. The Kier molecular flexibility index (Phi) is 3.82. The predicted molar refractivity (Wildman–Crippen MR) is 83.6 cm³/mol. The largest absolute Gasteiger partial charge is 0.375 e. The van der Waals surface area contributed by atoms with Gasteiger partial charge in [-0.1, -0.05) is 41.7 Å². The summed E-state index contributed by atoms with van der Waals surface area (Å²) in [6, 6.07) is 10.2. The molecule has 0 radical (unpaired) electrons. The molecule has 3 rings (SSSR count). The molecule has 2 heterocycles. The molecule has 0 atom stereocenters. The Labute approximate surface area is 123 Å². The average Bonchev–Trinajstić information content (AvgIpc) is 3.06. The summed E-state index contributed by atoms with van der Waals surface area (Å²) >= 11 is 4.92. The maximum atomic E-state index is 5.61. The quantitative estimate of drug-likeness (QED) is 0.736. The van der Waals surface area contributed by atoms with Crippen molar-refractivity contribution in [2.24, 2.45) is 0 Å². The summed E-state index contributed by atoms with van der Waals surface area (Å²) in [4.78, 5) is 8.69. The van der Waals surface area contributed by atoms with E-state index in [0.717, 1.165) is 20.7 Å². The molecule has 0 amide bonds. The second-order valence-corrected chi connectivity index (χ2v) is 7.01. The van der Waals surface area contributed by atoms with E-state index in [4.69, 9.17) is 5.73 Å². The minimum atomic E-state index is 0.616. The normalized spacial score (nSPS) is 10.7. The molecular formula is C13H11N3S3. The number of hydrogen-bond acceptors (Lipinski definition) is 6. The Morgan fingerprint density at radius 3 is 2.79 bits per heavy atom. The molecule has 0 bridgehead atoms. The first-order chi connectivity index (χ1) is 9.31. The molecule has 19 heavy (non-hydrogen) atoms. The molecule has 0 aliphatic rings. The van der Waals surface area contributed by atoms with E-state index in [1.807, 2.05) is 24.4 Å². The molecule has 1 aromatic carbocycles. The first-order valence-corrected chi connectivity index (χ1v) is 8.33. The fourth-order valence-electron chi connectivity index (χ4n) is 1.57. The number of benzene rings is 1. The molecule has 0 aliphatic carbocycles. The van der Waals surface area contributed by atoms with E-state index in [0.29, 0.717) is 5.13 Å². The highest BCUT2D eigenvalue weighted by Gasteiger charge is 2.06. The Morgan fingerprint density at radius 2 is 2.05 bits per heavy atom. The van der Waals surface area contributed by atoms with Crippen LogP contribution in [0.4, 0.5) is 5.13 Å². The molecule has 3 nitrogen and oxygen atoms in total. The zero-order valence-electron chi connectivity index (χ0n) is 9.95. The molecule has 0 aliphatic heterocycles. The highest BCUT2D eigenvalue weighted by molar-refractivity contribution is 8.00. The third-order valence-electron chi connectivity index (χ3n) is 2.44. The topological polar surface area (TPSA) is 51.8 Å². The Hall–Kier alpha value is -1.37. The number of nitrogens with zero attached hydrogens (tertiary/aromatic N) is 2. The fourth-order valence-corrected chi connectivity index (χ4v) is 4.15. The number of anilines is 1. The molecule has 2 aromatic heterocycles. The second kappa shape index (κ2) is 5.73. The number of nitrogens with two attached hydrogens (primary N) is 1. The van der Waals surface area contributed by atoms with Crippen LogP contribution in [0, 0.1) is 0 Å². The summed E-state index contributed by atoms with van der Waals surface area (Å²) in [5.41, 5.74) is 7.88. The van der Waals surface area contributed by atoms with E-state index >= 15 is 0 Å². The molecule has 0 saturated heterocycles. The summed E-state index contributed by atoms with van der Waals surface area (Å²) in [6.07, 6.45) is 1.81. The van der Waals surface area contributed by atoms with Crippen molar-refractivity contribution in [2.45, 2.75) is 9.96 Å². The summed E-state index contributed by atoms with van der Waals surface area (Å²) in [7, 11) is 0. The molecule has 0 saturated carbocycles. The first-order valence-electron chi connectivity index (χ1n) is 5.65. The van der Waals surface area contributed by atoms with Gasteiger partial charge in [0.05, 0.1) is 16.1 Å². The van der Waals surface area contributed by atoms with Crippen LogP contribution in [0.1, 0.15) is 5.69 Å². The van der Waals surface area contributed by atoms with Crippen LogP contribution in [0.3, 0.4) is 0 Å². The fraction of sp³-hybridized carbons (Fsp3) is 0.0769. The standard InChI is InChI=1S/C13H11N3S3/c14-13-15-6-11(19-13)17-7-10-8-18-12(16-10)9-4-2-1-3-5-9/h1-6,8H,7H2,(H2,14,15). The zero-order chi connectivity index (χ0) is 13.1. The molecular weight excluding hydrogens is 294 g/mol. The van der Waals surface area contributed by atoms with Gasteiger partial charge in [-0.3, -0.25) is 0 Å². The van der Waals surface area contributed by atoms with Crippen LogP contribution in [0.25, 0.3) is 10.6 Å². The minimum Gasteiger partial charge on any atom is -0.375 e. The maximum absolute atomic E-state index is 5.61. The van der Waals surface area contributed by atoms with Gasteiger partial charge in [-0.25, -0.2) is 9.97 Å². The van der Waals surface area contributed by atoms with E-state index in [9.17, 15) is 0 Å². The van der Waals surface area contributed by atoms with Crippen molar-refractivity contribution < 1.29 is 0 Å². The van der Waals surface area contributed by atoms with Crippen LogP contribution >= 0.6 is 34.4 Å². The average molecular weight is 305 g/mol. The van der Waals surface area contributed by atoms with E-state index in [1.54, 1.807) is 23.1 Å². The number of aromatic nitrogens is 2. The molecule has 0 fully saturated rings. The third-order valence-corrected chi connectivity index (χ3v) is 5.43. The maximum Gasteiger partial charge on any atom is 0.181 e. The van der Waals surface area contributed by atoms with Crippen LogP contribution in [0.5, 0.6) is 0 Å². The smallest absolute Gasteiger partial charge is 0.181 e. The number of nitrogen functional groups attached to an aromatic ring is 1. The lowest BCUT2D eigenvalue weighted by molar-refractivity contribution is 1.23. The van der Waals surface area contributed by atoms with Crippen LogP contribution in [-0.4, -0.2) is 9.97 Å². The van der Waals surface area contributed by atoms with Gasteiger partial charge in [0.1, 0.15) is 5.01 Å². The predicted octanol–water partition coefficient (Wildman–Crippen LogP) is 4.14. The molecule has 0 spiro atoms. The highest BCUT2D eigenvalue weighted by atomic mass is 32.2. The number of thioether (sulfide) groups is 1. The van der Waals surface area contributed by atoms with Crippen molar-refractivity contribution >= 4 is 39.6 Å². The van der Waals surface area contributed by atoms with Gasteiger partial charge in [0, 0.05) is 16.7 Å². The van der Waals surface area contributed by atoms with Gasteiger partial charge in [0.25, 0.3) is 0 Å².